The molecule has 1 aliphatic heterocycles. The second-order valence-corrected chi connectivity index (χ2v) is 8.36. The number of amides is 1. The van der Waals surface area contributed by atoms with Gasteiger partial charge in [-0.2, -0.15) is 0 Å². The van der Waals surface area contributed by atoms with Crippen LogP contribution >= 0.6 is 11.6 Å². The van der Waals surface area contributed by atoms with Crippen LogP contribution in [0.15, 0.2) is 72.8 Å². The molecule has 32 heavy (non-hydrogen) atoms. The Balaban J connectivity index is 1.45. The van der Waals surface area contributed by atoms with Gasteiger partial charge in [0.25, 0.3) is 5.91 Å². The normalized spacial score (nSPS) is 17.9. The topological polar surface area (TPSA) is 49.8 Å². The molecule has 3 aromatic carbocycles. The first kappa shape index (κ1) is 22.0. The highest BCUT2D eigenvalue weighted by Crippen LogP contribution is 2.32. The molecule has 0 radical (unpaired) electrons. The molecular formula is C27H24ClNO3. The Morgan fingerprint density at radius 1 is 0.969 bits per heavy atom. The van der Waals surface area contributed by atoms with E-state index in [1.807, 2.05) is 48.5 Å². The van der Waals surface area contributed by atoms with E-state index in [2.05, 4.69) is 11.8 Å². The zero-order chi connectivity index (χ0) is 22.6. The minimum absolute atomic E-state index is 0.0910. The van der Waals surface area contributed by atoms with Crippen LogP contribution < -0.4 is 4.74 Å². The quantitative estimate of drug-likeness (QED) is 0.585. The Morgan fingerprint density at radius 2 is 1.56 bits per heavy atom. The number of carbonyl (C=O) groups excluding carboxylic acids is 1. The number of hydrogen-bond acceptors (Lipinski definition) is 3. The first-order chi connectivity index (χ1) is 15.5. The Bertz CT molecular complexity index is 1140. The number of ether oxygens (including phenoxy) is 1. The predicted molar refractivity (Wildman–Crippen MR) is 126 cm³/mol. The van der Waals surface area contributed by atoms with Crippen LogP contribution in [-0.4, -0.2) is 36.1 Å². The standard InChI is InChI=1S/C27H24ClNO3/c1-32-25-15-7-21(8-16-25)4-3-20-5-9-22(10-6-20)26(30)29-18-2-17-27(31,19-29)23-11-13-24(28)14-12-23/h5-16,31H,2,17-19H2,1H3. The van der Waals surface area contributed by atoms with Gasteiger partial charge in [0.05, 0.1) is 13.7 Å². The van der Waals surface area contributed by atoms with Crippen LogP contribution in [0.1, 0.15) is 39.9 Å². The molecule has 0 bridgehead atoms. The van der Waals surface area contributed by atoms with Crippen molar-refractivity contribution in [2.45, 2.75) is 18.4 Å². The Hall–Kier alpha value is -3.26. The van der Waals surface area contributed by atoms with E-state index in [4.69, 9.17) is 16.3 Å². The van der Waals surface area contributed by atoms with Gasteiger partial charge in [0.15, 0.2) is 0 Å². The molecule has 1 fully saturated rings. The van der Waals surface area contributed by atoms with Gasteiger partial charge in [0, 0.05) is 28.3 Å². The first-order valence-electron chi connectivity index (χ1n) is 10.5. The maximum Gasteiger partial charge on any atom is 0.253 e. The lowest BCUT2D eigenvalue weighted by molar-refractivity contribution is -0.0289. The van der Waals surface area contributed by atoms with Crippen LogP contribution in [0, 0.1) is 11.8 Å². The highest BCUT2D eigenvalue weighted by molar-refractivity contribution is 6.30. The summed E-state index contributed by atoms with van der Waals surface area (Å²) in [7, 11) is 1.63. The summed E-state index contributed by atoms with van der Waals surface area (Å²) in [6.07, 6.45) is 1.34. The number of piperidine rings is 1. The number of likely N-dealkylation sites (tertiary alicyclic amines) is 1. The number of rotatable bonds is 3. The molecule has 4 rings (SSSR count). The van der Waals surface area contributed by atoms with Crippen molar-refractivity contribution in [3.63, 3.8) is 0 Å². The van der Waals surface area contributed by atoms with Crippen molar-refractivity contribution in [3.8, 4) is 17.6 Å². The monoisotopic (exact) mass is 445 g/mol. The number of benzene rings is 3. The van der Waals surface area contributed by atoms with E-state index >= 15 is 0 Å². The maximum absolute atomic E-state index is 13.1. The van der Waals surface area contributed by atoms with Gasteiger partial charge in [-0.3, -0.25) is 4.79 Å². The average molecular weight is 446 g/mol. The molecule has 1 unspecified atom stereocenters. The van der Waals surface area contributed by atoms with Gasteiger partial charge in [-0.25, -0.2) is 0 Å². The van der Waals surface area contributed by atoms with Crippen molar-refractivity contribution in [2.75, 3.05) is 20.2 Å². The zero-order valence-corrected chi connectivity index (χ0v) is 18.6. The number of halogens is 1. The Morgan fingerprint density at radius 3 is 2.16 bits per heavy atom. The van der Waals surface area contributed by atoms with Gasteiger partial charge in [0.2, 0.25) is 0 Å². The second kappa shape index (κ2) is 9.48. The summed E-state index contributed by atoms with van der Waals surface area (Å²) < 4.78 is 5.16. The van der Waals surface area contributed by atoms with Crippen LogP contribution in [-0.2, 0) is 5.60 Å². The molecule has 1 amide bonds. The molecule has 0 spiro atoms. The maximum atomic E-state index is 13.1. The van der Waals surface area contributed by atoms with Crippen molar-refractivity contribution in [1.29, 1.82) is 0 Å². The number of methoxy groups -OCH3 is 1. The van der Waals surface area contributed by atoms with E-state index in [-0.39, 0.29) is 12.5 Å². The summed E-state index contributed by atoms with van der Waals surface area (Å²) >= 11 is 5.98. The minimum atomic E-state index is -1.07. The lowest BCUT2D eigenvalue weighted by atomic mass is 9.85. The van der Waals surface area contributed by atoms with E-state index in [0.717, 1.165) is 28.9 Å². The fourth-order valence-corrected chi connectivity index (χ4v) is 4.03. The first-order valence-corrected chi connectivity index (χ1v) is 10.9. The van der Waals surface area contributed by atoms with Crippen LogP contribution in [0.2, 0.25) is 5.02 Å². The summed E-state index contributed by atoms with van der Waals surface area (Å²) in [5, 5.41) is 11.8. The van der Waals surface area contributed by atoms with Gasteiger partial charge in [-0.1, -0.05) is 35.6 Å². The van der Waals surface area contributed by atoms with Gasteiger partial charge in [0.1, 0.15) is 11.4 Å². The Labute approximate surface area is 193 Å². The molecule has 1 saturated heterocycles. The number of β-amino-alcohol motifs (C(OH)–C–C–N with tert-alkyl or cyclic N) is 1. The van der Waals surface area contributed by atoms with Gasteiger partial charge >= 0.3 is 0 Å². The minimum Gasteiger partial charge on any atom is -0.497 e. The highest BCUT2D eigenvalue weighted by Gasteiger charge is 2.36. The van der Waals surface area contributed by atoms with Crippen LogP contribution in [0.4, 0.5) is 0 Å². The van der Waals surface area contributed by atoms with E-state index in [1.54, 1.807) is 36.3 Å². The van der Waals surface area contributed by atoms with E-state index in [0.29, 0.717) is 23.6 Å². The highest BCUT2D eigenvalue weighted by atomic mass is 35.5. The molecular weight excluding hydrogens is 422 g/mol. The number of carbonyl (C=O) groups is 1. The third kappa shape index (κ3) is 4.96. The lowest BCUT2D eigenvalue weighted by Gasteiger charge is -2.39. The van der Waals surface area contributed by atoms with Crippen LogP contribution in [0.5, 0.6) is 5.75 Å². The number of nitrogens with zero attached hydrogens (tertiary/aromatic N) is 1. The molecule has 1 aliphatic rings. The largest absolute Gasteiger partial charge is 0.497 e. The Kier molecular flexibility index (Phi) is 6.50. The van der Waals surface area contributed by atoms with Gasteiger partial charge in [-0.15, -0.1) is 0 Å². The summed E-state index contributed by atoms with van der Waals surface area (Å²) in [6.45, 7) is 0.875. The second-order valence-electron chi connectivity index (χ2n) is 7.92. The third-order valence-electron chi connectivity index (χ3n) is 5.71. The zero-order valence-electron chi connectivity index (χ0n) is 17.8. The van der Waals surface area contributed by atoms with Crippen molar-refractivity contribution < 1.29 is 14.6 Å². The number of hydrogen-bond donors (Lipinski definition) is 1. The molecule has 162 valence electrons. The SMILES string of the molecule is COc1ccc(C#Cc2ccc(C(=O)N3CCCC(O)(c4ccc(Cl)cc4)C3)cc2)cc1. The molecule has 5 heteroatoms. The molecule has 1 N–H and O–H groups in total. The van der Waals surface area contributed by atoms with E-state index < -0.39 is 5.60 Å². The number of aliphatic hydroxyl groups is 1. The van der Waals surface area contributed by atoms with Crippen LogP contribution in [0.25, 0.3) is 0 Å². The van der Waals surface area contributed by atoms with Crippen molar-refractivity contribution >= 4 is 17.5 Å². The molecule has 0 saturated carbocycles. The van der Waals surface area contributed by atoms with E-state index in [9.17, 15) is 9.90 Å². The summed E-state index contributed by atoms with van der Waals surface area (Å²) in [4.78, 5) is 14.8. The molecule has 1 heterocycles. The molecule has 0 aliphatic carbocycles. The van der Waals surface area contributed by atoms with Gasteiger partial charge in [-0.05, 0) is 79.1 Å². The van der Waals surface area contributed by atoms with Crippen molar-refractivity contribution in [1.82, 2.24) is 4.90 Å². The lowest BCUT2D eigenvalue weighted by Crippen LogP contribution is -2.48. The van der Waals surface area contributed by atoms with Gasteiger partial charge < -0.3 is 14.7 Å². The van der Waals surface area contributed by atoms with Crippen molar-refractivity contribution in [2.24, 2.45) is 0 Å². The van der Waals surface area contributed by atoms with Crippen LogP contribution in [0.3, 0.4) is 0 Å². The predicted octanol–water partition coefficient (Wildman–Crippen LogP) is 4.87. The molecule has 3 aromatic rings. The summed E-state index contributed by atoms with van der Waals surface area (Å²) in [5.74, 6) is 6.93. The fourth-order valence-electron chi connectivity index (χ4n) is 3.90. The smallest absolute Gasteiger partial charge is 0.253 e. The summed E-state index contributed by atoms with van der Waals surface area (Å²) in [6, 6.07) is 22.0. The van der Waals surface area contributed by atoms with E-state index in [1.165, 1.54) is 0 Å². The third-order valence-corrected chi connectivity index (χ3v) is 5.96. The summed E-state index contributed by atoms with van der Waals surface area (Å²) in [5.41, 5.74) is 2.01. The van der Waals surface area contributed by atoms with Crippen molar-refractivity contribution in [3.05, 3.63) is 100 Å². The molecule has 4 nitrogen and oxygen atoms in total. The average Bonchev–Trinajstić information content (AvgIpc) is 2.83. The molecule has 1 atom stereocenters. The fraction of sp³-hybridized carbons (Fsp3) is 0.222. The molecule has 0 aromatic heterocycles.